The molecule has 4 heteroatoms. The molecule has 0 saturated carbocycles. The molecule has 0 aliphatic carbocycles. The van der Waals surface area contributed by atoms with E-state index in [0.717, 1.165) is 37.8 Å². The Morgan fingerprint density at radius 3 is 1.36 bits per heavy atom. The minimum Gasteiger partial charge on any atom is -0.463 e. The summed E-state index contributed by atoms with van der Waals surface area (Å²) < 4.78 is 10.0. The molecule has 22 heavy (non-hydrogen) atoms. The summed E-state index contributed by atoms with van der Waals surface area (Å²) in [6, 6.07) is 0. The molecule has 0 aliphatic heterocycles. The van der Waals surface area contributed by atoms with E-state index in [1.807, 2.05) is 0 Å². The lowest BCUT2D eigenvalue weighted by Crippen LogP contribution is -2.06. The van der Waals surface area contributed by atoms with Crippen LogP contribution in [0.4, 0.5) is 0 Å². The highest BCUT2D eigenvalue weighted by Crippen LogP contribution is 2.03. The first-order chi connectivity index (χ1) is 10.7. The first-order valence-corrected chi connectivity index (χ1v) is 8.72. The Hall–Kier alpha value is -1.32. The second-order valence-electron chi connectivity index (χ2n) is 5.50. The summed E-state index contributed by atoms with van der Waals surface area (Å²) in [6.45, 7) is 5.16. The molecule has 4 nitrogen and oxygen atoms in total. The first-order valence-electron chi connectivity index (χ1n) is 8.72. The summed E-state index contributed by atoms with van der Waals surface area (Å²) >= 11 is 0. The number of rotatable bonds is 14. The van der Waals surface area contributed by atoms with Crippen LogP contribution in [0.3, 0.4) is 0 Å². The van der Waals surface area contributed by atoms with Crippen molar-refractivity contribution in [3.05, 3.63) is 12.2 Å². The highest BCUT2D eigenvalue weighted by molar-refractivity contribution is 5.91. The van der Waals surface area contributed by atoms with Crippen molar-refractivity contribution in [3.8, 4) is 0 Å². The summed E-state index contributed by atoms with van der Waals surface area (Å²) in [5.41, 5.74) is 0. The van der Waals surface area contributed by atoms with Gasteiger partial charge in [0.05, 0.1) is 13.2 Å². The molecule has 0 aromatic heterocycles. The van der Waals surface area contributed by atoms with Gasteiger partial charge in [0, 0.05) is 12.2 Å². The van der Waals surface area contributed by atoms with E-state index in [1.165, 1.54) is 38.5 Å². The molecule has 0 atom stereocenters. The molecule has 0 spiro atoms. The van der Waals surface area contributed by atoms with Gasteiger partial charge in [-0.3, -0.25) is 0 Å². The van der Waals surface area contributed by atoms with E-state index < -0.39 is 11.9 Å². The third-order valence-corrected chi connectivity index (χ3v) is 3.34. The summed E-state index contributed by atoms with van der Waals surface area (Å²) in [7, 11) is 0. The predicted octanol–water partition coefficient (Wildman–Crippen LogP) is 4.57. The molecule has 0 radical (unpaired) electrons. The SMILES string of the molecule is CCCCCCCOC(=O)C=CC(=O)OCCCCCCC. The third-order valence-electron chi connectivity index (χ3n) is 3.34. The molecule has 0 aromatic carbocycles. The molecule has 0 N–H and O–H groups in total. The monoisotopic (exact) mass is 312 g/mol. The van der Waals surface area contributed by atoms with Gasteiger partial charge < -0.3 is 9.47 Å². The standard InChI is InChI=1S/C18H32O4/c1-3-5-7-9-11-15-21-17(19)13-14-18(20)22-16-12-10-8-6-4-2/h13-14H,3-12,15-16H2,1-2H3. The van der Waals surface area contributed by atoms with Gasteiger partial charge in [0.15, 0.2) is 0 Å². The van der Waals surface area contributed by atoms with Crippen molar-refractivity contribution in [3.63, 3.8) is 0 Å². The molecule has 128 valence electrons. The molecule has 0 saturated heterocycles. The fraction of sp³-hybridized carbons (Fsp3) is 0.778. The maximum Gasteiger partial charge on any atom is 0.331 e. The Kier molecular flexibility index (Phi) is 15.1. The molecule has 0 aromatic rings. The molecule has 0 fully saturated rings. The highest BCUT2D eigenvalue weighted by Gasteiger charge is 2.01. The summed E-state index contributed by atoms with van der Waals surface area (Å²) in [6.07, 6.45) is 13.4. The van der Waals surface area contributed by atoms with Crippen LogP contribution in [0.1, 0.15) is 78.1 Å². The fourth-order valence-electron chi connectivity index (χ4n) is 1.99. The van der Waals surface area contributed by atoms with Crippen molar-refractivity contribution in [2.24, 2.45) is 0 Å². The number of ether oxygens (including phenoxy) is 2. The van der Waals surface area contributed by atoms with Crippen LogP contribution in [0.15, 0.2) is 12.2 Å². The average molecular weight is 312 g/mol. The van der Waals surface area contributed by atoms with E-state index in [1.54, 1.807) is 0 Å². The lowest BCUT2D eigenvalue weighted by Gasteiger charge is -2.02. The number of hydrogen-bond donors (Lipinski definition) is 0. The van der Waals surface area contributed by atoms with Crippen LogP contribution in [0.2, 0.25) is 0 Å². The summed E-state index contributed by atoms with van der Waals surface area (Å²) in [5, 5.41) is 0. The number of carbonyl (C=O) groups is 2. The third kappa shape index (κ3) is 15.1. The van der Waals surface area contributed by atoms with Crippen LogP contribution in [0.5, 0.6) is 0 Å². The molecule has 0 amide bonds. The number of hydrogen-bond acceptors (Lipinski definition) is 4. The van der Waals surface area contributed by atoms with Gasteiger partial charge in [-0.05, 0) is 12.8 Å². The largest absolute Gasteiger partial charge is 0.463 e. The van der Waals surface area contributed by atoms with Crippen molar-refractivity contribution < 1.29 is 19.1 Å². The molecule has 0 aliphatic rings. The number of unbranched alkanes of at least 4 members (excludes halogenated alkanes) is 8. The van der Waals surface area contributed by atoms with Crippen molar-refractivity contribution in [1.29, 1.82) is 0 Å². The Labute approximate surface area is 135 Å². The molecule has 0 unspecified atom stereocenters. The number of esters is 2. The van der Waals surface area contributed by atoms with Gasteiger partial charge in [-0.25, -0.2) is 9.59 Å². The summed E-state index contributed by atoms with van der Waals surface area (Å²) in [4.78, 5) is 22.7. The van der Waals surface area contributed by atoms with E-state index in [4.69, 9.17) is 9.47 Å². The maximum atomic E-state index is 11.4. The smallest absolute Gasteiger partial charge is 0.331 e. The zero-order chi connectivity index (χ0) is 16.5. The van der Waals surface area contributed by atoms with Crippen LogP contribution in [0.25, 0.3) is 0 Å². The van der Waals surface area contributed by atoms with Crippen molar-refractivity contribution >= 4 is 11.9 Å². The van der Waals surface area contributed by atoms with Crippen LogP contribution in [0, 0.1) is 0 Å². The van der Waals surface area contributed by atoms with E-state index in [9.17, 15) is 9.59 Å². The normalized spacial score (nSPS) is 10.8. The number of carbonyl (C=O) groups excluding carboxylic acids is 2. The van der Waals surface area contributed by atoms with Crippen molar-refractivity contribution in [1.82, 2.24) is 0 Å². The Morgan fingerprint density at radius 1 is 0.636 bits per heavy atom. The predicted molar refractivity (Wildman–Crippen MR) is 88.6 cm³/mol. The quantitative estimate of drug-likeness (QED) is 0.268. The van der Waals surface area contributed by atoms with E-state index >= 15 is 0 Å². The molecule has 0 rings (SSSR count). The van der Waals surface area contributed by atoms with Gasteiger partial charge in [0.1, 0.15) is 0 Å². The topological polar surface area (TPSA) is 52.6 Å². The van der Waals surface area contributed by atoms with Gasteiger partial charge in [0.25, 0.3) is 0 Å². The Balaban J connectivity index is 3.51. The zero-order valence-electron chi connectivity index (χ0n) is 14.3. The Morgan fingerprint density at radius 2 is 1.00 bits per heavy atom. The lowest BCUT2D eigenvalue weighted by atomic mass is 10.2. The Bertz CT molecular complexity index is 280. The molecule has 0 bridgehead atoms. The van der Waals surface area contributed by atoms with Gasteiger partial charge in [-0.15, -0.1) is 0 Å². The second-order valence-corrected chi connectivity index (χ2v) is 5.50. The lowest BCUT2D eigenvalue weighted by molar-refractivity contribution is -0.140. The minimum absolute atomic E-state index is 0.416. The molecular formula is C18H32O4. The van der Waals surface area contributed by atoms with Crippen molar-refractivity contribution in [2.75, 3.05) is 13.2 Å². The molecule has 0 heterocycles. The average Bonchev–Trinajstić information content (AvgIpc) is 2.52. The molecular weight excluding hydrogens is 280 g/mol. The van der Waals surface area contributed by atoms with Gasteiger partial charge >= 0.3 is 11.9 Å². The van der Waals surface area contributed by atoms with Crippen LogP contribution >= 0.6 is 0 Å². The fourth-order valence-corrected chi connectivity index (χ4v) is 1.99. The van der Waals surface area contributed by atoms with E-state index in [0.29, 0.717) is 13.2 Å². The summed E-state index contributed by atoms with van der Waals surface area (Å²) in [5.74, 6) is -0.953. The second kappa shape index (κ2) is 16.1. The van der Waals surface area contributed by atoms with E-state index in [-0.39, 0.29) is 0 Å². The van der Waals surface area contributed by atoms with E-state index in [2.05, 4.69) is 13.8 Å². The highest BCUT2D eigenvalue weighted by atomic mass is 16.5. The van der Waals surface area contributed by atoms with Crippen molar-refractivity contribution in [2.45, 2.75) is 78.1 Å². The van der Waals surface area contributed by atoms with Crippen LogP contribution in [-0.4, -0.2) is 25.2 Å². The van der Waals surface area contributed by atoms with Crippen LogP contribution in [-0.2, 0) is 19.1 Å². The maximum absolute atomic E-state index is 11.4. The van der Waals surface area contributed by atoms with Gasteiger partial charge in [-0.2, -0.15) is 0 Å². The first kappa shape index (κ1) is 20.7. The van der Waals surface area contributed by atoms with Crippen LogP contribution < -0.4 is 0 Å². The minimum atomic E-state index is -0.476. The van der Waals surface area contributed by atoms with Gasteiger partial charge in [-0.1, -0.05) is 65.2 Å². The zero-order valence-corrected chi connectivity index (χ0v) is 14.3. The van der Waals surface area contributed by atoms with Gasteiger partial charge in [0.2, 0.25) is 0 Å².